The number of halogens is 1. The molecule has 0 radical (unpaired) electrons. The maximum absolute atomic E-state index is 11.6. The van der Waals surface area contributed by atoms with Gasteiger partial charge in [-0.25, -0.2) is 4.79 Å². The van der Waals surface area contributed by atoms with E-state index in [-0.39, 0.29) is 12.6 Å². The number of nitrogens with one attached hydrogen (secondary N) is 1. The van der Waals surface area contributed by atoms with Gasteiger partial charge in [0.2, 0.25) is 0 Å². The average Bonchev–Trinajstić information content (AvgIpc) is 2.71. The molecule has 0 spiro atoms. The minimum absolute atomic E-state index is 0.285. The highest BCUT2D eigenvalue weighted by Gasteiger charge is 2.13. The lowest BCUT2D eigenvalue weighted by Gasteiger charge is -2.18. The third kappa shape index (κ3) is 4.93. The van der Waals surface area contributed by atoms with Crippen LogP contribution in [0.5, 0.6) is 0 Å². The Morgan fingerprint density at radius 1 is 1.50 bits per heavy atom. The van der Waals surface area contributed by atoms with Gasteiger partial charge in [0.15, 0.2) is 0 Å². The topological polar surface area (TPSA) is 69.6 Å². The number of nitrogens with zero attached hydrogens (tertiary/aromatic N) is 1. The fourth-order valence-electron chi connectivity index (χ4n) is 1.38. The van der Waals surface area contributed by atoms with Crippen molar-refractivity contribution in [2.24, 2.45) is 0 Å². The Bertz CT molecular complexity index is 422. The molecule has 0 aromatic carbocycles. The molecule has 0 unspecified atom stereocenters. The van der Waals surface area contributed by atoms with E-state index in [1.807, 2.05) is 12.1 Å². The van der Waals surface area contributed by atoms with Crippen molar-refractivity contribution in [2.45, 2.75) is 13.3 Å². The van der Waals surface area contributed by atoms with Crippen LogP contribution in [-0.4, -0.2) is 41.6 Å². The molecule has 2 amide bonds. The summed E-state index contributed by atoms with van der Waals surface area (Å²) >= 11 is 7.26. The van der Waals surface area contributed by atoms with Crippen LogP contribution in [0.15, 0.2) is 12.1 Å². The fraction of sp³-hybridized carbons (Fsp3) is 0.455. The minimum atomic E-state index is -1.02. The molecule has 5 nitrogen and oxygen atoms in total. The molecule has 0 saturated heterocycles. The first kappa shape index (κ1) is 14.8. The van der Waals surface area contributed by atoms with E-state index in [9.17, 15) is 9.59 Å². The standard InChI is InChI=1S/C11H15ClN2O3S/c1-2-14(7-10(15)16)11(17)13-6-5-8-3-4-9(12)18-8/h3-4H,2,5-7H2,1H3,(H,13,17)(H,15,16). The molecule has 0 fully saturated rings. The molecule has 100 valence electrons. The lowest BCUT2D eigenvalue weighted by atomic mass is 10.3. The normalized spacial score (nSPS) is 10.1. The average molecular weight is 291 g/mol. The second-order valence-corrected chi connectivity index (χ2v) is 5.40. The van der Waals surface area contributed by atoms with Crippen LogP contribution in [0, 0.1) is 0 Å². The van der Waals surface area contributed by atoms with Gasteiger partial charge in [-0.05, 0) is 25.5 Å². The van der Waals surface area contributed by atoms with Crippen LogP contribution in [0.3, 0.4) is 0 Å². The summed E-state index contributed by atoms with van der Waals surface area (Å²) in [6.07, 6.45) is 0.688. The maximum Gasteiger partial charge on any atom is 0.323 e. The van der Waals surface area contributed by atoms with Gasteiger partial charge in [0.25, 0.3) is 0 Å². The summed E-state index contributed by atoms with van der Waals surface area (Å²) in [7, 11) is 0. The molecule has 1 aromatic rings. The SMILES string of the molecule is CCN(CC(=O)O)C(=O)NCCc1ccc(Cl)s1. The lowest BCUT2D eigenvalue weighted by molar-refractivity contribution is -0.137. The van der Waals surface area contributed by atoms with Crippen LogP contribution >= 0.6 is 22.9 Å². The quantitative estimate of drug-likeness (QED) is 0.842. The number of carbonyl (C=O) groups excluding carboxylic acids is 1. The number of carboxylic acids is 1. The first-order valence-corrected chi connectivity index (χ1v) is 6.71. The zero-order valence-electron chi connectivity index (χ0n) is 9.98. The van der Waals surface area contributed by atoms with Crippen LogP contribution in [-0.2, 0) is 11.2 Å². The number of carbonyl (C=O) groups is 2. The number of hydrogen-bond donors (Lipinski definition) is 2. The number of amides is 2. The molecule has 0 aliphatic carbocycles. The molecule has 2 N–H and O–H groups in total. The summed E-state index contributed by atoms with van der Waals surface area (Å²) in [6, 6.07) is 3.36. The van der Waals surface area contributed by atoms with Gasteiger partial charge in [-0.3, -0.25) is 4.79 Å². The summed E-state index contributed by atoms with van der Waals surface area (Å²) < 4.78 is 0.720. The first-order valence-electron chi connectivity index (χ1n) is 5.51. The third-order valence-corrected chi connectivity index (χ3v) is 3.56. The van der Waals surface area contributed by atoms with Crippen molar-refractivity contribution >= 4 is 34.9 Å². The van der Waals surface area contributed by atoms with Gasteiger partial charge in [-0.2, -0.15) is 0 Å². The molecular formula is C11H15ClN2O3S. The number of urea groups is 1. The van der Waals surface area contributed by atoms with Crippen molar-refractivity contribution in [3.05, 3.63) is 21.3 Å². The summed E-state index contributed by atoms with van der Waals surface area (Å²) in [5.41, 5.74) is 0. The molecule has 7 heteroatoms. The van der Waals surface area contributed by atoms with Crippen molar-refractivity contribution in [3.8, 4) is 0 Å². The van der Waals surface area contributed by atoms with Crippen LogP contribution < -0.4 is 5.32 Å². The molecule has 0 bridgehead atoms. The van der Waals surface area contributed by atoms with Gasteiger partial charge in [-0.15, -0.1) is 11.3 Å². The van der Waals surface area contributed by atoms with Gasteiger partial charge in [-0.1, -0.05) is 11.6 Å². The molecule has 18 heavy (non-hydrogen) atoms. The van der Waals surface area contributed by atoms with Crippen LogP contribution in [0.4, 0.5) is 4.79 Å². The molecule has 0 atom stereocenters. The number of aliphatic carboxylic acids is 1. The zero-order chi connectivity index (χ0) is 13.5. The Hall–Kier alpha value is -1.27. The zero-order valence-corrected chi connectivity index (χ0v) is 11.6. The van der Waals surface area contributed by atoms with Crippen LogP contribution in [0.25, 0.3) is 0 Å². The lowest BCUT2D eigenvalue weighted by Crippen LogP contribution is -2.43. The van der Waals surface area contributed by atoms with E-state index in [1.165, 1.54) is 16.2 Å². The van der Waals surface area contributed by atoms with Crippen molar-refractivity contribution in [1.82, 2.24) is 10.2 Å². The Morgan fingerprint density at radius 3 is 2.72 bits per heavy atom. The van der Waals surface area contributed by atoms with E-state index < -0.39 is 5.97 Å². The van der Waals surface area contributed by atoms with Crippen molar-refractivity contribution < 1.29 is 14.7 Å². The van der Waals surface area contributed by atoms with E-state index in [1.54, 1.807) is 6.92 Å². The fourth-order valence-corrected chi connectivity index (χ4v) is 2.47. The predicted octanol–water partition coefficient (Wildman–Crippen LogP) is 2.06. The second kappa shape index (κ2) is 7.23. The Labute approximate surface area is 114 Å². The van der Waals surface area contributed by atoms with E-state index in [2.05, 4.69) is 5.32 Å². The first-order chi connectivity index (χ1) is 8.52. The van der Waals surface area contributed by atoms with Crippen molar-refractivity contribution in [3.63, 3.8) is 0 Å². The van der Waals surface area contributed by atoms with Gasteiger partial charge < -0.3 is 15.3 Å². The molecule has 0 aliphatic heterocycles. The number of rotatable bonds is 6. The summed E-state index contributed by atoms with van der Waals surface area (Å²) in [5.74, 6) is -1.02. The minimum Gasteiger partial charge on any atom is -0.480 e. The van der Waals surface area contributed by atoms with E-state index in [0.29, 0.717) is 19.5 Å². The molecule has 0 aliphatic rings. The van der Waals surface area contributed by atoms with Crippen molar-refractivity contribution in [1.29, 1.82) is 0 Å². The van der Waals surface area contributed by atoms with Gasteiger partial charge in [0, 0.05) is 18.0 Å². The Morgan fingerprint density at radius 2 is 2.22 bits per heavy atom. The summed E-state index contributed by atoms with van der Waals surface area (Å²) in [6.45, 7) is 2.28. The predicted molar refractivity (Wildman–Crippen MR) is 71.3 cm³/mol. The third-order valence-electron chi connectivity index (χ3n) is 2.27. The number of likely N-dealkylation sites (N-methyl/N-ethyl adjacent to an activating group) is 1. The highest BCUT2D eigenvalue weighted by molar-refractivity contribution is 7.16. The number of carboxylic acid groups (broad SMARTS) is 1. The molecule has 1 rings (SSSR count). The molecule has 1 heterocycles. The smallest absolute Gasteiger partial charge is 0.323 e. The Kier molecular flexibility index (Phi) is 5.94. The highest BCUT2D eigenvalue weighted by Crippen LogP contribution is 2.21. The highest BCUT2D eigenvalue weighted by atomic mass is 35.5. The van der Waals surface area contributed by atoms with Gasteiger partial charge in [0.05, 0.1) is 4.34 Å². The van der Waals surface area contributed by atoms with Crippen LogP contribution in [0.2, 0.25) is 4.34 Å². The molecular weight excluding hydrogens is 276 g/mol. The van der Waals surface area contributed by atoms with Crippen LogP contribution in [0.1, 0.15) is 11.8 Å². The molecule has 0 saturated carbocycles. The monoisotopic (exact) mass is 290 g/mol. The number of thiophene rings is 1. The van der Waals surface area contributed by atoms with E-state index in [4.69, 9.17) is 16.7 Å². The van der Waals surface area contributed by atoms with E-state index >= 15 is 0 Å². The number of hydrogen-bond acceptors (Lipinski definition) is 3. The Balaban J connectivity index is 2.33. The molecule has 1 aromatic heterocycles. The van der Waals surface area contributed by atoms with Gasteiger partial charge in [0.1, 0.15) is 6.54 Å². The summed E-state index contributed by atoms with van der Waals surface area (Å²) in [5, 5.41) is 11.3. The van der Waals surface area contributed by atoms with Crippen molar-refractivity contribution in [2.75, 3.05) is 19.6 Å². The van der Waals surface area contributed by atoms with E-state index in [0.717, 1.165) is 9.21 Å². The summed E-state index contributed by atoms with van der Waals surface area (Å²) in [4.78, 5) is 24.5. The second-order valence-electron chi connectivity index (χ2n) is 3.60. The largest absolute Gasteiger partial charge is 0.480 e. The van der Waals surface area contributed by atoms with Gasteiger partial charge >= 0.3 is 12.0 Å². The maximum atomic E-state index is 11.6.